The van der Waals surface area contributed by atoms with Gasteiger partial charge in [-0.15, -0.1) is 0 Å². The molecule has 0 saturated heterocycles. The Bertz CT molecular complexity index is 278. The first kappa shape index (κ1) is 7.60. The Morgan fingerprint density at radius 3 is 3.09 bits per heavy atom. The fraction of sp³-hybridized carbons (Fsp3) is 0.125. The Labute approximate surface area is 65.5 Å². The van der Waals surface area contributed by atoms with E-state index in [2.05, 4.69) is 21.7 Å². The Balaban J connectivity index is 3.11. The summed E-state index contributed by atoms with van der Waals surface area (Å²) < 4.78 is 0. The summed E-state index contributed by atoms with van der Waals surface area (Å²) in [5, 5.41) is 0. The molecule has 0 unspecified atom stereocenters. The number of aliphatic imine (C=N–C) groups is 2. The number of rotatable bonds is 2. The second-order valence-electron chi connectivity index (χ2n) is 1.95. The summed E-state index contributed by atoms with van der Waals surface area (Å²) in [6.45, 7) is 3.42. The van der Waals surface area contributed by atoms with E-state index >= 15 is 0 Å². The normalized spacial score (nSPS) is 10.3. The first-order valence-electron chi connectivity index (χ1n) is 3.22. The minimum Gasteiger partial charge on any atom is -0.294 e. The van der Waals surface area contributed by atoms with Crippen molar-refractivity contribution in [3.63, 3.8) is 0 Å². The van der Waals surface area contributed by atoms with Gasteiger partial charge in [0.2, 0.25) is 0 Å². The molecule has 0 radical (unpaired) electrons. The molecule has 0 aliphatic rings. The van der Waals surface area contributed by atoms with E-state index in [1.54, 1.807) is 19.5 Å². The van der Waals surface area contributed by atoms with E-state index in [-0.39, 0.29) is 0 Å². The van der Waals surface area contributed by atoms with Crippen LogP contribution in [-0.4, -0.2) is 25.0 Å². The van der Waals surface area contributed by atoms with Crippen LogP contribution in [0.2, 0.25) is 0 Å². The highest BCUT2D eigenvalue weighted by Gasteiger charge is 1.94. The van der Waals surface area contributed by atoms with Crippen molar-refractivity contribution >= 4 is 18.6 Å². The molecule has 1 heterocycles. The molecule has 0 N–H and O–H groups in total. The van der Waals surface area contributed by atoms with Gasteiger partial charge in [-0.05, 0) is 18.9 Å². The second-order valence-corrected chi connectivity index (χ2v) is 1.95. The number of aromatic nitrogens is 1. The molecule has 11 heavy (non-hydrogen) atoms. The Morgan fingerprint density at radius 2 is 2.45 bits per heavy atom. The van der Waals surface area contributed by atoms with E-state index < -0.39 is 0 Å². The predicted molar refractivity (Wildman–Crippen MR) is 47.0 cm³/mol. The number of hydrogen-bond donors (Lipinski definition) is 0. The van der Waals surface area contributed by atoms with Crippen molar-refractivity contribution in [2.24, 2.45) is 9.98 Å². The van der Waals surface area contributed by atoms with Crippen molar-refractivity contribution in [3.05, 3.63) is 24.0 Å². The lowest BCUT2D eigenvalue weighted by Gasteiger charge is -1.94. The van der Waals surface area contributed by atoms with Crippen molar-refractivity contribution in [1.82, 2.24) is 4.98 Å². The van der Waals surface area contributed by atoms with Crippen LogP contribution >= 0.6 is 0 Å². The van der Waals surface area contributed by atoms with Crippen LogP contribution in [-0.2, 0) is 0 Å². The monoisotopic (exact) mass is 147 g/mol. The molecule has 56 valence electrons. The maximum absolute atomic E-state index is 4.06. The van der Waals surface area contributed by atoms with Gasteiger partial charge in [0.1, 0.15) is 5.69 Å². The molecule has 0 spiro atoms. The summed E-state index contributed by atoms with van der Waals surface area (Å²) in [5.74, 6) is 0. The standard InChI is InChI=1S/C8H9N3/c1-9-6-8-7(10-2)4-3-5-11-8/h3-6H,2H2,1H3/b9-6-. The van der Waals surface area contributed by atoms with Crippen LogP contribution in [0.4, 0.5) is 5.69 Å². The van der Waals surface area contributed by atoms with Gasteiger partial charge in [-0.2, -0.15) is 0 Å². The molecule has 3 nitrogen and oxygen atoms in total. The fourth-order valence-electron chi connectivity index (χ4n) is 0.764. The fourth-order valence-corrected chi connectivity index (χ4v) is 0.764. The highest BCUT2D eigenvalue weighted by molar-refractivity contribution is 5.84. The van der Waals surface area contributed by atoms with Crippen LogP contribution in [0.15, 0.2) is 28.3 Å². The summed E-state index contributed by atoms with van der Waals surface area (Å²) in [7, 11) is 1.70. The molecule has 3 heteroatoms. The minimum absolute atomic E-state index is 0.755. The summed E-state index contributed by atoms with van der Waals surface area (Å²) in [6.07, 6.45) is 3.36. The largest absolute Gasteiger partial charge is 0.294 e. The van der Waals surface area contributed by atoms with Crippen LogP contribution in [0, 0.1) is 0 Å². The molecular formula is C8H9N3. The maximum atomic E-state index is 4.06. The second kappa shape index (κ2) is 3.61. The summed E-state index contributed by atoms with van der Waals surface area (Å²) >= 11 is 0. The number of hydrogen-bond acceptors (Lipinski definition) is 3. The van der Waals surface area contributed by atoms with Gasteiger partial charge in [-0.1, -0.05) is 0 Å². The highest BCUT2D eigenvalue weighted by Crippen LogP contribution is 2.12. The van der Waals surface area contributed by atoms with Crippen molar-refractivity contribution in [2.75, 3.05) is 7.05 Å². The third kappa shape index (κ3) is 1.70. The van der Waals surface area contributed by atoms with Gasteiger partial charge in [-0.3, -0.25) is 15.0 Å². The van der Waals surface area contributed by atoms with Crippen molar-refractivity contribution < 1.29 is 0 Å². The molecule has 0 amide bonds. The van der Waals surface area contributed by atoms with Gasteiger partial charge in [0.05, 0.1) is 5.69 Å². The molecule has 1 aromatic heterocycles. The lowest BCUT2D eigenvalue weighted by Crippen LogP contribution is -1.85. The quantitative estimate of drug-likeness (QED) is 0.583. The zero-order valence-corrected chi connectivity index (χ0v) is 6.36. The topological polar surface area (TPSA) is 37.6 Å². The average molecular weight is 147 g/mol. The molecule has 0 aliphatic carbocycles. The zero-order chi connectivity index (χ0) is 8.10. The molecule has 1 aromatic rings. The van der Waals surface area contributed by atoms with E-state index in [4.69, 9.17) is 0 Å². The summed E-state index contributed by atoms with van der Waals surface area (Å²) in [6, 6.07) is 3.66. The molecule has 0 aromatic carbocycles. The predicted octanol–water partition coefficient (Wildman–Crippen LogP) is 1.46. The molecule has 1 rings (SSSR count). The molecule has 0 aliphatic heterocycles. The Hall–Kier alpha value is -1.51. The maximum Gasteiger partial charge on any atom is 0.106 e. The summed E-state index contributed by atoms with van der Waals surface area (Å²) in [4.78, 5) is 11.7. The minimum atomic E-state index is 0.755. The van der Waals surface area contributed by atoms with E-state index in [9.17, 15) is 0 Å². The zero-order valence-electron chi connectivity index (χ0n) is 6.36. The van der Waals surface area contributed by atoms with Gasteiger partial charge in [0.25, 0.3) is 0 Å². The SMILES string of the molecule is C=Nc1cccnc1/C=N\C. The van der Waals surface area contributed by atoms with Crippen LogP contribution < -0.4 is 0 Å². The van der Waals surface area contributed by atoms with Crippen molar-refractivity contribution in [2.45, 2.75) is 0 Å². The average Bonchev–Trinajstić information content (AvgIpc) is 2.06. The molecule has 0 atom stereocenters. The lowest BCUT2D eigenvalue weighted by molar-refractivity contribution is 1.28. The third-order valence-electron chi connectivity index (χ3n) is 1.24. The Kier molecular flexibility index (Phi) is 2.49. The third-order valence-corrected chi connectivity index (χ3v) is 1.24. The molecular weight excluding hydrogens is 138 g/mol. The molecule has 0 fully saturated rings. The highest BCUT2D eigenvalue weighted by atomic mass is 14.8. The van der Waals surface area contributed by atoms with Gasteiger partial charge >= 0.3 is 0 Å². The smallest absolute Gasteiger partial charge is 0.106 e. The van der Waals surface area contributed by atoms with Gasteiger partial charge in [0, 0.05) is 19.5 Å². The van der Waals surface area contributed by atoms with Crippen LogP contribution in [0.1, 0.15) is 5.69 Å². The van der Waals surface area contributed by atoms with E-state index in [1.165, 1.54) is 0 Å². The van der Waals surface area contributed by atoms with Crippen LogP contribution in [0.3, 0.4) is 0 Å². The van der Waals surface area contributed by atoms with E-state index in [0.717, 1.165) is 11.4 Å². The first-order chi connectivity index (χ1) is 5.38. The van der Waals surface area contributed by atoms with E-state index in [0.29, 0.717) is 0 Å². The number of nitrogens with zero attached hydrogens (tertiary/aromatic N) is 3. The first-order valence-corrected chi connectivity index (χ1v) is 3.22. The number of pyridine rings is 1. The van der Waals surface area contributed by atoms with Crippen LogP contribution in [0.25, 0.3) is 0 Å². The Morgan fingerprint density at radius 1 is 1.64 bits per heavy atom. The van der Waals surface area contributed by atoms with Gasteiger partial charge in [-0.25, -0.2) is 0 Å². The lowest BCUT2D eigenvalue weighted by atomic mass is 10.3. The van der Waals surface area contributed by atoms with Crippen molar-refractivity contribution in [3.8, 4) is 0 Å². The van der Waals surface area contributed by atoms with Crippen molar-refractivity contribution in [1.29, 1.82) is 0 Å². The van der Waals surface area contributed by atoms with Gasteiger partial charge in [0.15, 0.2) is 0 Å². The van der Waals surface area contributed by atoms with E-state index in [1.807, 2.05) is 12.1 Å². The molecule has 0 bridgehead atoms. The summed E-state index contributed by atoms with van der Waals surface area (Å²) in [5.41, 5.74) is 1.52. The molecule has 0 saturated carbocycles. The van der Waals surface area contributed by atoms with Crippen LogP contribution in [0.5, 0.6) is 0 Å². The van der Waals surface area contributed by atoms with Gasteiger partial charge < -0.3 is 0 Å².